The van der Waals surface area contributed by atoms with Crippen molar-refractivity contribution in [1.29, 1.82) is 0 Å². The van der Waals surface area contributed by atoms with Gasteiger partial charge in [0.25, 0.3) is 0 Å². The Bertz CT molecular complexity index is 1430. The molecule has 11 heteroatoms. The minimum absolute atomic E-state index is 0.0566. The summed E-state index contributed by atoms with van der Waals surface area (Å²) in [5, 5.41) is 5.72. The average Bonchev–Trinajstić information content (AvgIpc) is 3.13. The Morgan fingerprint density at radius 3 is 1.80 bits per heavy atom. The number of amides is 2. The average molecular weight is 767 g/mol. The van der Waals surface area contributed by atoms with E-state index >= 15 is 0 Å². The highest BCUT2D eigenvalue weighted by Crippen LogP contribution is 2.22. The molecule has 2 amide bonds. The van der Waals surface area contributed by atoms with Gasteiger partial charge < -0.3 is 29.6 Å². The summed E-state index contributed by atoms with van der Waals surface area (Å²) in [6, 6.07) is 16.9. The number of Topliss-reactive ketones (excluding diaryl/α,β-unsaturated/α-hetero) is 2. The highest BCUT2D eigenvalue weighted by molar-refractivity contribution is 5.95. The van der Waals surface area contributed by atoms with Crippen LogP contribution in [0.15, 0.2) is 60.7 Å². The molecule has 11 nitrogen and oxygen atoms in total. The van der Waals surface area contributed by atoms with Crippen molar-refractivity contribution in [1.82, 2.24) is 10.6 Å². The van der Waals surface area contributed by atoms with Crippen LogP contribution in [0.5, 0.6) is 0 Å². The monoisotopic (exact) mass is 766 g/mol. The normalized spacial score (nSPS) is 13.7. The molecule has 0 fully saturated rings. The minimum Gasteiger partial charge on any atom is -0.469 e. The zero-order valence-electron chi connectivity index (χ0n) is 34.2. The van der Waals surface area contributed by atoms with Gasteiger partial charge in [0.05, 0.1) is 38.3 Å². The molecule has 306 valence electrons. The van der Waals surface area contributed by atoms with Crippen LogP contribution < -0.4 is 10.6 Å². The van der Waals surface area contributed by atoms with Crippen LogP contribution in [0.1, 0.15) is 104 Å². The zero-order chi connectivity index (χ0) is 40.6. The quantitative estimate of drug-likeness (QED) is 0.0711. The number of methoxy groups -OCH3 is 2. The lowest BCUT2D eigenvalue weighted by atomic mass is 9.87. The molecule has 4 atom stereocenters. The van der Waals surface area contributed by atoms with E-state index in [0.717, 1.165) is 43.2 Å². The van der Waals surface area contributed by atoms with Gasteiger partial charge in [-0.25, -0.2) is 4.79 Å². The molecular formula is C44H66N2O9. The molecule has 0 aromatic heterocycles. The summed E-state index contributed by atoms with van der Waals surface area (Å²) in [6.45, 7) is 11.0. The predicted molar refractivity (Wildman–Crippen MR) is 213 cm³/mol. The standard InChI is InChI=1S/C44H66N2O9/c1-32(2)27-37(39(47)30-35(42(50)53-7)23-17-9-8-10-18-24-54-26-25-52-6)45-41(49)36(28-33-19-13-11-14-20-33)31-40(48)38(29-34-21-15-12-16-22-34)46-43(51)55-44(3,4)5/h11-16,19-22,32,35-38H,8-10,17-18,23-31H2,1-7H3,(H,45,49)(H,46,51)/t35-,36-,37+,38+/m0/s1. The van der Waals surface area contributed by atoms with Crippen molar-refractivity contribution in [3.05, 3.63) is 71.8 Å². The zero-order valence-corrected chi connectivity index (χ0v) is 34.2. The second-order valence-electron chi connectivity index (χ2n) is 15.7. The topological polar surface area (TPSA) is 146 Å². The van der Waals surface area contributed by atoms with E-state index in [0.29, 0.717) is 32.7 Å². The highest BCUT2D eigenvalue weighted by atomic mass is 16.6. The van der Waals surface area contributed by atoms with Crippen molar-refractivity contribution in [2.45, 2.75) is 123 Å². The van der Waals surface area contributed by atoms with Gasteiger partial charge in [0.15, 0.2) is 11.6 Å². The summed E-state index contributed by atoms with van der Waals surface area (Å²) in [7, 11) is 2.97. The van der Waals surface area contributed by atoms with Crippen LogP contribution in [-0.4, -0.2) is 81.3 Å². The first-order valence-electron chi connectivity index (χ1n) is 19.8. The summed E-state index contributed by atoms with van der Waals surface area (Å²) in [5.74, 6) is -2.85. The molecule has 0 aliphatic heterocycles. The molecule has 2 N–H and O–H groups in total. The van der Waals surface area contributed by atoms with Gasteiger partial charge in [0.2, 0.25) is 5.91 Å². The predicted octanol–water partition coefficient (Wildman–Crippen LogP) is 7.22. The maximum Gasteiger partial charge on any atom is 0.408 e. The molecule has 55 heavy (non-hydrogen) atoms. The number of unbranched alkanes of at least 4 members (excludes halogenated alkanes) is 4. The molecule has 0 saturated carbocycles. The largest absolute Gasteiger partial charge is 0.469 e. The van der Waals surface area contributed by atoms with E-state index in [9.17, 15) is 24.0 Å². The Morgan fingerprint density at radius 2 is 1.22 bits per heavy atom. The highest BCUT2D eigenvalue weighted by Gasteiger charge is 2.33. The van der Waals surface area contributed by atoms with Crippen LogP contribution >= 0.6 is 0 Å². The number of ether oxygens (including phenoxy) is 4. The van der Waals surface area contributed by atoms with Gasteiger partial charge in [-0.05, 0) is 69.9 Å². The van der Waals surface area contributed by atoms with Gasteiger partial charge in [-0.1, -0.05) is 100 Å². The van der Waals surface area contributed by atoms with E-state index in [-0.39, 0.29) is 43.2 Å². The molecule has 0 spiro atoms. The fourth-order valence-corrected chi connectivity index (χ4v) is 6.34. The van der Waals surface area contributed by atoms with Crippen molar-refractivity contribution in [3.8, 4) is 0 Å². The molecular weight excluding hydrogens is 700 g/mol. The molecule has 2 aromatic rings. The third-order valence-corrected chi connectivity index (χ3v) is 9.17. The fourth-order valence-electron chi connectivity index (χ4n) is 6.34. The van der Waals surface area contributed by atoms with E-state index < -0.39 is 47.5 Å². The first kappa shape index (κ1) is 47.1. The lowest BCUT2D eigenvalue weighted by Crippen LogP contribution is -2.48. The molecule has 0 aliphatic carbocycles. The maximum absolute atomic E-state index is 14.2. The summed E-state index contributed by atoms with van der Waals surface area (Å²) in [5.41, 5.74) is 0.920. The number of esters is 1. The molecule has 0 radical (unpaired) electrons. The Kier molecular flexibility index (Phi) is 22.2. The number of carbonyl (C=O) groups excluding carboxylic acids is 5. The van der Waals surface area contributed by atoms with Gasteiger partial charge in [0.1, 0.15) is 5.60 Å². The van der Waals surface area contributed by atoms with Crippen molar-refractivity contribution in [3.63, 3.8) is 0 Å². The van der Waals surface area contributed by atoms with Crippen LogP contribution in [0.3, 0.4) is 0 Å². The molecule has 0 saturated heterocycles. The van der Waals surface area contributed by atoms with Crippen LogP contribution in [0.4, 0.5) is 4.79 Å². The van der Waals surface area contributed by atoms with Gasteiger partial charge in [-0.15, -0.1) is 0 Å². The van der Waals surface area contributed by atoms with Gasteiger partial charge in [0, 0.05) is 32.5 Å². The number of hydrogen-bond donors (Lipinski definition) is 2. The Hall–Kier alpha value is -4.09. The number of carbonyl (C=O) groups is 5. The molecule has 0 aliphatic rings. The third-order valence-electron chi connectivity index (χ3n) is 9.17. The fraction of sp³-hybridized carbons (Fsp3) is 0.614. The Labute approximate surface area is 329 Å². The number of hydrogen-bond acceptors (Lipinski definition) is 9. The molecule has 0 unspecified atom stereocenters. The minimum atomic E-state index is -0.952. The molecule has 0 bridgehead atoms. The number of rotatable bonds is 27. The Balaban J connectivity index is 2.21. The Morgan fingerprint density at radius 1 is 0.655 bits per heavy atom. The van der Waals surface area contributed by atoms with E-state index in [1.54, 1.807) is 27.9 Å². The van der Waals surface area contributed by atoms with Crippen molar-refractivity contribution in [2.24, 2.45) is 17.8 Å². The summed E-state index contributed by atoms with van der Waals surface area (Å²) in [6.07, 6.45) is 4.99. The van der Waals surface area contributed by atoms with Crippen LogP contribution in [-0.2, 0) is 51.0 Å². The van der Waals surface area contributed by atoms with Gasteiger partial charge in [-0.3, -0.25) is 19.2 Å². The molecule has 0 heterocycles. The smallest absolute Gasteiger partial charge is 0.408 e. The third kappa shape index (κ3) is 20.4. The van der Waals surface area contributed by atoms with E-state index in [2.05, 4.69) is 10.6 Å². The molecule has 2 aromatic carbocycles. The second kappa shape index (κ2) is 25.9. The lowest BCUT2D eigenvalue weighted by molar-refractivity contribution is -0.147. The number of alkyl carbamates (subject to hydrolysis) is 1. The summed E-state index contributed by atoms with van der Waals surface area (Å²) >= 11 is 0. The summed E-state index contributed by atoms with van der Waals surface area (Å²) in [4.78, 5) is 67.8. The lowest BCUT2D eigenvalue weighted by Gasteiger charge is -2.26. The number of nitrogens with one attached hydrogen (secondary N) is 2. The maximum atomic E-state index is 14.2. The van der Waals surface area contributed by atoms with Crippen LogP contribution in [0, 0.1) is 17.8 Å². The van der Waals surface area contributed by atoms with Gasteiger partial charge >= 0.3 is 12.1 Å². The van der Waals surface area contributed by atoms with Crippen molar-refractivity contribution >= 4 is 29.5 Å². The van der Waals surface area contributed by atoms with Gasteiger partial charge in [-0.2, -0.15) is 0 Å². The first-order chi connectivity index (χ1) is 26.2. The summed E-state index contributed by atoms with van der Waals surface area (Å²) < 4.78 is 21.1. The second-order valence-corrected chi connectivity index (χ2v) is 15.7. The van der Waals surface area contributed by atoms with E-state index in [1.807, 2.05) is 74.5 Å². The van der Waals surface area contributed by atoms with Crippen molar-refractivity contribution < 1.29 is 42.9 Å². The SMILES string of the molecule is COCCOCCCCCCC[C@@H](CC(=O)[C@@H](CC(C)C)NC(=O)[C@H](CC(=O)[C@@H](Cc1ccccc1)NC(=O)OC(C)(C)C)Cc1ccccc1)C(=O)OC. The number of ketones is 2. The first-order valence-corrected chi connectivity index (χ1v) is 19.8. The molecule has 2 rings (SSSR count). The van der Waals surface area contributed by atoms with Crippen molar-refractivity contribution in [2.75, 3.05) is 34.0 Å². The van der Waals surface area contributed by atoms with Crippen LogP contribution in [0.2, 0.25) is 0 Å². The van der Waals surface area contributed by atoms with Crippen LogP contribution in [0.25, 0.3) is 0 Å². The number of benzene rings is 2. The van der Waals surface area contributed by atoms with E-state index in [4.69, 9.17) is 18.9 Å². The van der Waals surface area contributed by atoms with E-state index in [1.165, 1.54) is 7.11 Å².